The summed E-state index contributed by atoms with van der Waals surface area (Å²) in [5.74, 6) is 0.764. The van der Waals surface area contributed by atoms with Crippen LogP contribution in [0.4, 0.5) is 5.82 Å². The minimum Gasteiger partial charge on any atom is -0.355 e. The Kier molecular flexibility index (Phi) is 8.64. The molecule has 31 heavy (non-hydrogen) atoms. The summed E-state index contributed by atoms with van der Waals surface area (Å²) in [4.78, 5) is 20.0. The van der Waals surface area contributed by atoms with Gasteiger partial charge in [0.25, 0.3) is 5.56 Å². The molecule has 7 nitrogen and oxygen atoms in total. The van der Waals surface area contributed by atoms with E-state index in [0.717, 1.165) is 36.4 Å². The number of piperidine rings is 1. The number of nitrogens with zero attached hydrogens (tertiary/aromatic N) is 5. The van der Waals surface area contributed by atoms with Gasteiger partial charge in [-0.05, 0) is 40.5 Å². The van der Waals surface area contributed by atoms with E-state index < -0.39 is 0 Å². The van der Waals surface area contributed by atoms with Gasteiger partial charge in [-0.15, -0.1) is 0 Å². The van der Waals surface area contributed by atoms with Crippen molar-refractivity contribution in [2.75, 3.05) is 18.0 Å². The Morgan fingerprint density at radius 2 is 1.87 bits per heavy atom. The fraction of sp³-hybridized carbons (Fsp3) is 0.542. The summed E-state index contributed by atoms with van der Waals surface area (Å²) in [7, 11) is 0. The van der Waals surface area contributed by atoms with Crippen LogP contribution in [0.1, 0.15) is 59.9 Å². The molecule has 1 fully saturated rings. The van der Waals surface area contributed by atoms with E-state index in [4.69, 9.17) is 5.73 Å². The second-order valence-electron chi connectivity index (χ2n) is 8.23. The Morgan fingerprint density at radius 1 is 1.23 bits per heavy atom. The number of fused-ring (bicyclic) bond motifs is 1. The van der Waals surface area contributed by atoms with Crippen molar-refractivity contribution in [3.63, 3.8) is 0 Å². The van der Waals surface area contributed by atoms with Gasteiger partial charge in [0.05, 0.1) is 6.33 Å². The van der Waals surface area contributed by atoms with Crippen LogP contribution in [0.15, 0.2) is 34.4 Å². The second-order valence-corrected chi connectivity index (χ2v) is 8.23. The zero-order valence-corrected chi connectivity index (χ0v) is 19.8. The van der Waals surface area contributed by atoms with E-state index in [9.17, 15) is 10.1 Å². The molecule has 7 heteroatoms. The molecule has 2 aromatic rings. The molecule has 0 spiro atoms. The minimum atomic E-state index is -0.126. The van der Waals surface area contributed by atoms with Gasteiger partial charge in [-0.1, -0.05) is 37.1 Å². The van der Waals surface area contributed by atoms with Crippen molar-refractivity contribution in [2.24, 2.45) is 5.73 Å². The van der Waals surface area contributed by atoms with E-state index in [2.05, 4.69) is 22.0 Å². The molecule has 3 rings (SSSR count). The Labute approximate surface area is 185 Å². The first-order valence-electron chi connectivity index (χ1n) is 11.1. The van der Waals surface area contributed by atoms with Gasteiger partial charge < -0.3 is 15.2 Å². The fourth-order valence-electron chi connectivity index (χ4n) is 3.75. The molecule has 1 unspecified atom stereocenters. The van der Waals surface area contributed by atoms with E-state index in [1.54, 1.807) is 10.9 Å². The smallest absolute Gasteiger partial charge is 0.278 e. The summed E-state index contributed by atoms with van der Waals surface area (Å²) in [6.07, 6.45) is 7.55. The third-order valence-corrected chi connectivity index (χ3v) is 5.25. The van der Waals surface area contributed by atoms with E-state index in [0.29, 0.717) is 36.2 Å². The molecular formula is C24H36N6O. The lowest BCUT2D eigenvalue weighted by Gasteiger charge is -2.33. The van der Waals surface area contributed by atoms with Gasteiger partial charge in [0, 0.05) is 32.2 Å². The normalized spacial score (nSPS) is 15.7. The van der Waals surface area contributed by atoms with Gasteiger partial charge in [-0.25, -0.2) is 4.98 Å². The van der Waals surface area contributed by atoms with Gasteiger partial charge >= 0.3 is 0 Å². The molecule has 1 aliphatic rings. The fourth-order valence-corrected chi connectivity index (χ4v) is 3.75. The lowest BCUT2D eigenvalue weighted by Crippen LogP contribution is -2.44. The summed E-state index contributed by atoms with van der Waals surface area (Å²) in [6.45, 7) is 14.5. The van der Waals surface area contributed by atoms with Gasteiger partial charge in [0.1, 0.15) is 28.5 Å². The number of rotatable bonds is 5. The van der Waals surface area contributed by atoms with Crippen molar-refractivity contribution in [2.45, 2.75) is 73.5 Å². The van der Waals surface area contributed by atoms with Crippen molar-refractivity contribution < 1.29 is 0 Å². The average molecular weight is 425 g/mol. The molecule has 0 radical (unpaired) electrons. The van der Waals surface area contributed by atoms with Crippen LogP contribution in [-0.4, -0.2) is 33.2 Å². The SMILES string of the molecule is CC.CC(C)=CCn1cnc2c(C#N)c(N3CCCC(N)C3)n(CC=C(C)C)c2c1=O. The van der Waals surface area contributed by atoms with Crippen LogP contribution in [-0.2, 0) is 13.1 Å². The van der Waals surface area contributed by atoms with Crippen LogP contribution in [0.25, 0.3) is 11.0 Å². The van der Waals surface area contributed by atoms with E-state index >= 15 is 0 Å². The van der Waals surface area contributed by atoms with Gasteiger partial charge in [-0.2, -0.15) is 5.26 Å². The Bertz CT molecular complexity index is 1060. The highest BCUT2D eigenvalue weighted by Crippen LogP contribution is 2.31. The highest BCUT2D eigenvalue weighted by atomic mass is 16.1. The van der Waals surface area contributed by atoms with Gasteiger partial charge in [-0.3, -0.25) is 9.36 Å². The van der Waals surface area contributed by atoms with Crippen molar-refractivity contribution in [1.29, 1.82) is 5.26 Å². The first-order chi connectivity index (χ1) is 14.8. The van der Waals surface area contributed by atoms with E-state index in [-0.39, 0.29) is 11.6 Å². The molecule has 0 aromatic carbocycles. The summed E-state index contributed by atoms with van der Waals surface area (Å²) in [6, 6.07) is 2.37. The number of hydrogen-bond donors (Lipinski definition) is 1. The molecule has 1 atom stereocenters. The molecule has 0 amide bonds. The van der Waals surface area contributed by atoms with Crippen molar-refractivity contribution in [3.8, 4) is 6.07 Å². The molecule has 1 aliphatic heterocycles. The molecule has 2 aromatic heterocycles. The third kappa shape index (κ3) is 5.45. The minimum absolute atomic E-state index is 0.0625. The molecule has 0 bridgehead atoms. The monoisotopic (exact) mass is 424 g/mol. The lowest BCUT2D eigenvalue weighted by atomic mass is 10.1. The maximum absolute atomic E-state index is 13.3. The molecule has 2 N–H and O–H groups in total. The molecule has 0 aliphatic carbocycles. The zero-order chi connectivity index (χ0) is 23.1. The van der Waals surface area contributed by atoms with Crippen LogP contribution in [0, 0.1) is 11.3 Å². The average Bonchev–Trinajstić information content (AvgIpc) is 3.07. The quantitative estimate of drug-likeness (QED) is 0.734. The number of aromatic nitrogens is 3. The number of hydrogen-bond acceptors (Lipinski definition) is 5. The van der Waals surface area contributed by atoms with Crippen LogP contribution >= 0.6 is 0 Å². The molecule has 168 valence electrons. The summed E-state index contributed by atoms with van der Waals surface area (Å²) in [5, 5.41) is 9.95. The largest absolute Gasteiger partial charge is 0.355 e. The Morgan fingerprint density at radius 3 is 2.45 bits per heavy atom. The van der Waals surface area contributed by atoms with E-state index in [1.165, 1.54) is 0 Å². The number of allylic oxidation sites excluding steroid dienone is 4. The third-order valence-electron chi connectivity index (χ3n) is 5.25. The number of nitriles is 1. The highest BCUT2D eigenvalue weighted by Gasteiger charge is 2.28. The lowest BCUT2D eigenvalue weighted by molar-refractivity contribution is 0.499. The second kappa shape index (κ2) is 11.0. The summed E-state index contributed by atoms with van der Waals surface area (Å²) < 4.78 is 3.55. The number of anilines is 1. The van der Waals surface area contributed by atoms with Gasteiger partial charge in [0.15, 0.2) is 0 Å². The van der Waals surface area contributed by atoms with Crippen LogP contribution in [0.5, 0.6) is 0 Å². The maximum Gasteiger partial charge on any atom is 0.278 e. The summed E-state index contributed by atoms with van der Waals surface area (Å²) in [5.41, 5.74) is 9.79. The molecule has 0 saturated carbocycles. The van der Waals surface area contributed by atoms with Crippen LogP contribution in [0.2, 0.25) is 0 Å². The number of nitrogens with two attached hydrogens (primary N) is 1. The zero-order valence-electron chi connectivity index (χ0n) is 19.8. The highest BCUT2D eigenvalue weighted by molar-refractivity contribution is 5.89. The maximum atomic E-state index is 13.3. The standard InChI is InChI=1S/C22H30N6O.C2H6/c1-15(2)7-10-27-14-25-19-18(12-23)21(26-9-5-6-17(24)13-26)28(11-8-16(3)4)20(19)22(27)29;1-2/h7-8,14,17H,5-6,9-11,13,24H2,1-4H3;1-2H3. The predicted molar refractivity (Wildman–Crippen MR) is 128 cm³/mol. The first kappa shape index (κ1) is 24.4. The van der Waals surface area contributed by atoms with Crippen molar-refractivity contribution in [3.05, 3.63) is 45.5 Å². The molecule has 1 saturated heterocycles. The Balaban J connectivity index is 0.00000166. The van der Waals surface area contributed by atoms with Crippen molar-refractivity contribution in [1.82, 2.24) is 14.1 Å². The molecular weight excluding hydrogens is 388 g/mol. The van der Waals surface area contributed by atoms with Gasteiger partial charge in [0.2, 0.25) is 0 Å². The van der Waals surface area contributed by atoms with E-state index in [1.807, 2.05) is 52.2 Å². The topological polar surface area (TPSA) is 92.9 Å². The molecule has 3 heterocycles. The Hall–Kier alpha value is -2.85. The van der Waals surface area contributed by atoms with Crippen LogP contribution < -0.4 is 16.2 Å². The van der Waals surface area contributed by atoms with Crippen molar-refractivity contribution >= 4 is 16.9 Å². The van der Waals surface area contributed by atoms with Crippen LogP contribution in [0.3, 0.4) is 0 Å². The first-order valence-corrected chi connectivity index (χ1v) is 11.1. The predicted octanol–water partition coefficient (Wildman–Crippen LogP) is 3.96. The summed E-state index contributed by atoms with van der Waals surface area (Å²) >= 11 is 0.